The summed E-state index contributed by atoms with van der Waals surface area (Å²) in [6.07, 6.45) is 12.9. The van der Waals surface area contributed by atoms with Gasteiger partial charge in [-0.1, -0.05) is 55.5 Å². The first kappa shape index (κ1) is 11.0. The SMILES string of the molecule is CC1C=Cc2c3c(c4ccccc4c2C1)C=CCC3. The van der Waals surface area contributed by atoms with Crippen LogP contribution in [0.2, 0.25) is 0 Å². The van der Waals surface area contributed by atoms with E-state index in [1.54, 1.807) is 11.1 Å². The predicted octanol–water partition coefficient (Wildman–Crippen LogP) is 5.00. The summed E-state index contributed by atoms with van der Waals surface area (Å²) >= 11 is 0. The van der Waals surface area contributed by atoms with Crippen LogP contribution >= 0.6 is 0 Å². The van der Waals surface area contributed by atoms with Crippen LogP contribution in [-0.4, -0.2) is 0 Å². The Morgan fingerprint density at radius 3 is 2.68 bits per heavy atom. The molecule has 0 nitrogen and oxygen atoms in total. The van der Waals surface area contributed by atoms with Crippen molar-refractivity contribution in [2.75, 3.05) is 0 Å². The van der Waals surface area contributed by atoms with Gasteiger partial charge < -0.3 is 0 Å². The average Bonchev–Trinajstić information content (AvgIpc) is 2.47. The normalized spacial score (nSPS) is 20.4. The summed E-state index contributed by atoms with van der Waals surface area (Å²) in [5.74, 6) is 0.660. The van der Waals surface area contributed by atoms with Crippen LogP contribution in [0.15, 0.2) is 36.4 Å². The Balaban J connectivity index is 2.16. The monoisotopic (exact) mass is 246 g/mol. The topological polar surface area (TPSA) is 0 Å². The molecule has 0 radical (unpaired) electrons. The van der Waals surface area contributed by atoms with E-state index >= 15 is 0 Å². The Hall–Kier alpha value is -1.82. The molecule has 2 aliphatic rings. The molecule has 0 bridgehead atoms. The van der Waals surface area contributed by atoms with Gasteiger partial charge in [0.2, 0.25) is 0 Å². The number of hydrogen-bond donors (Lipinski definition) is 0. The lowest BCUT2D eigenvalue weighted by molar-refractivity contribution is 0.719. The van der Waals surface area contributed by atoms with Gasteiger partial charge in [-0.05, 0) is 58.2 Å². The van der Waals surface area contributed by atoms with E-state index in [1.165, 1.54) is 41.2 Å². The van der Waals surface area contributed by atoms with Crippen molar-refractivity contribution in [2.45, 2.75) is 26.2 Å². The molecule has 0 fully saturated rings. The molecule has 94 valence electrons. The molecule has 0 heteroatoms. The Labute approximate surface area is 114 Å². The lowest BCUT2D eigenvalue weighted by atomic mass is 9.79. The molecule has 0 aliphatic heterocycles. The van der Waals surface area contributed by atoms with Gasteiger partial charge in [-0.25, -0.2) is 0 Å². The minimum absolute atomic E-state index is 0.660. The van der Waals surface area contributed by atoms with E-state index < -0.39 is 0 Å². The molecular weight excluding hydrogens is 228 g/mol. The van der Waals surface area contributed by atoms with Crippen molar-refractivity contribution in [3.63, 3.8) is 0 Å². The molecule has 0 saturated heterocycles. The molecule has 1 atom stereocenters. The molecule has 0 saturated carbocycles. The fraction of sp³-hybridized carbons (Fsp3) is 0.263. The zero-order chi connectivity index (χ0) is 12.8. The molecular formula is C19H18. The summed E-state index contributed by atoms with van der Waals surface area (Å²) in [5, 5.41) is 2.90. The third-order valence-corrected chi connectivity index (χ3v) is 4.48. The van der Waals surface area contributed by atoms with Crippen molar-refractivity contribution in [3.05, 3.63) is 58.7 Å². The lowest BCUT2D eigenvalue weighted by Gasteiger charge is -2.25. The lowest BCUT2D eigenvalue weighted by Crippen LogP contribution is -2.09. The first-order chi connectivity index (χ1) is 9.34. The van der Waals surface area contributed by atoms with Gasteiger partial charge in [-0.2, -0.15) is 0 Å². The maximum atomic E-state index is 2.37. The Morgan fingerprint density at radius 2 is 1.79 bits per heavy atom. The summed E-state index contributed by atoms with van der Waals surface area (Å²) in [5.41, 5.74) is 6.11. The van der Waals surface area contributed by atoms with Gasteiger partial charge in [-0.3, -0.25) is 0 Å². The number of benzene rings is 2. The van der Waals surface area contributed by atoms with Crippen LogP contribution in [0.4, 0.5) is 0 Å². The van der Waals surface area contributed by atoms with Crippen molar-refractivity contribution >= 4 is 22.9 Å². The number of hydrogen-bond acceptors (Lipinski definition) is 0. The molecule has 0 N–H and O–H groups in total. The zero-order valence-electron chi connectivity index (χ0n) is 11.3. The van der Waals surface area contributed by atoms with Crippen molar-refractivity contribution in [2.24, 2.45) is 5.92 Å². The van der Waals surface area contributed by atoms with Crippen LogP contribution in [-0.2, 0) is 12.8 Å². The van der Waals surface area contributed by atoms with E-state index in [-0.39, 0.29) is 0 Å². The summed E-state index contributed by atoms with van der Waals surface area (Å²) in [7, 11) is 0. The highest BCUT2D eigenvalue weighted by Crippen LogP contribution is 2.38. The average molecular weight is 246 g/mol. The Morgan fingerprint density at radius 1 is 0.947 bits per heavy atom. The maximum absolute atomic E-state index is 2.37. The van der Waals surface area contributed by atoms with E-state index in [0.29, 0.717) is 5.92 Å². The van der Waals surface area contributed by atoms with E-state index in [9.17, 15) is 0 Å². The second kappa shape index (κ2) is 4.09. The summed E-state index contributed by atoms with van der Waals surface area (Å²) in [6.45, 7) is 2.31. The third kappa shape index (κ3) is 1.59. The van der Waals surface area contributed by atoms with E-state index in [1.807, 2.05) is 0 Å². The van der Waals surface area contributed by atoms with Gasteiger partial charge in [-0.15, -0.1) is 0 Å². The number of rotatable bonds is 0. The molecule has 2 aromatic rings. The fourth-order valence-corrected chi connectivity index (χ4v) is 3.58. The van der Waals surface area contributed by atoms with E-state index in [0.717, 1.165) is 0 Å². The van der Waals surface area contributed by atoms with Crippen LogP contribution in [0.25, 0.3) is 22.9 Å². The van der Waals surface area contributed by atoms with Crippen LogP contribution in [0.1, 0.15) is 35.6 Å². The summed E-state index contributed by atoms with van der Waals surface area (Å²) < 4.78 is 0. The van der Waals surface area contributed by atoms with Gasteiger partial charge in [0, 0.05) is 0 Å². The van der Waals surface area contributed by atoms with E-state index in [2.05, 4.69) is 55.5 Å². The largest absolute Gasteiger partial charge is 0.0836 e. The summed E-state index contributed by atoms with van der Waals surface area (Å²) in [6, 6.07) is 8.92. The third-order valence-electron chi connectivity index (χ3n) is 4.48. The highest BCUT2D eigenvalue weighted by atomic mass is 14.2. The molecule has 0 spiro atoms. The molecule has 0 heterocycles. The molecule has 0 aromatic heterocycles. The number of allylic oxidation sites excluding steroid dienone is 2. The van der Waals surface area contributed by atoms with Gasteiger partial charge in [0.05, 0.1) is 0 Å². The molecule has 2 aliphatic carbocycles. The van der Waals surface area contributed by atoms with Gasteiger partial charge in [0.1, 0.15) is 0 Å². The fourth-order valence-electron chi connectivity index (χ4n) is 3.58. The smallest absolute Gasteiger partial charge is 0.0106 e. The van der Waals surface area contributed by atoms with Crippen molar-refractivity contribution in [1.29, 1.82) is 0 Å². The second-order valence-electron chi connectivity index (χ2n) is 5.81. The van der Waals surface area contributed by atoms with Crippen LogP contribution in [0, 0.1) is 5.92 Å². The van der Waals surface area contributed by atoms with Gasteiger partial charge in [0.25, 0.3) is 0 Å². The molecule has 4 rings (SSSR count). The van der Waals surface area contributed by atoms with Crippen LogP contribution in [0.3, 0.4) is 0 Å². The number of fused-ring (bicyclic) bond motifs is 6. The Kier molecular flexibility index (Phi) is 2.38. The quantitative estimate of drug-likeness (QED) is 0.613. The maximum Gasteiger partial charge on any atom is -0.0106 e. The van der Waals surface area contributed by atoms with Crippen molar-refractivity contribution in [1.82, 2.24) is 0 Å². The molecule has 0 amide bonds. The standard InChI is InChI=1S/C19H18/c1-13-10-11-18-16-8-3-2-6-14(16)15-7-4-5-9-17(15)19(18)12-13/h2,4-7,9-11,13H,3,8,12H2,1H3. The molecule has 1 unspecified atom stereocenters. The Bertz CT molecular complexity index is 716. The second-order valence-corrected chi connectivity index (χ2v) is 5.81. The predicted molar refractivity (Wildman–Crippen MR) is 83.2 cm³/mol. The zero-order valence-corrected chi connectivity index (χ0v) is 11.3. The van der Waals surface area contributed by atoms with Gasteiger partial charge >= 0.3 is 0 Å². The highest BCUT2D eigenvalue weighted by Gasteiger charge is 2.20. The van der Waals surface area contributed by atoms with Gasteiger partial charge in [0.15, 0.2) is 0 Å². The van der Waals surface area contributed by atoms with Crippen LogP contribution in [0.5, 0.6) is 0 Å². The minimum Gasteiger partial charge on any atom is -0.0836 e. The molecule has 19 heavy (non-hydrogen) atoms. The van der Waals surface area contributed by atoms with E-state index in [4.69, 9.17) is 0 Å². The highest BCUT2D eigenvalue weighted by molar-refractivity contribution is 5.98. The summed E-state index contributed by atoms with van der Waals surface area (Å²) in [4.78, 5) is 0. The first-order valence-corrected chi connectivity index (χ1v) is 7.26. The first-order valence-electron chi connectivity index (χ1n) is 7.26. The van der Waals surface area contributed by atoms with Crippen LogP contribution < -0.4 is 0 Å². The molecule has 2 aromatic carbocycles. The van der Waals surface area contributed by atoms with Crippen molar-refractivity contribution in [3.8, 4) is 0 Å². The van der Waals surface area contributed by atoms with Crippen molar-refractivity contribution < 1.29 is 0 Å². The minimum atomic E-state index is 0.660.